The molecule has 2 aliphatic heterocycles. The van der Waals surface area contributed by atoms with E-state index in [0.29, 0.717) is 32.5 Å². The molecule has 6 heteroatoms. The van der Waals surface area contributed by atoms with Gasteiger partial charge in [0.2, 0.25) is 0 Å². The summed E-state index contributed by atoms with van der Waals surface area (Å²) in [5, 5.41) is 2.39. The molecule has 3 aromatic carbocycles. The molecule has 1 amide bonds. The summed E-state index contributed by atoms with van der Waals surface area (Å²) in [7, 11) is 0. The average Bonchev–Trinajstić information content (AvgIpc) is 3.22. The van der Waals surface area contributed by atoms with E-state index >= 15 is 0 Å². The number of carbonyl (C=O) groups excluding carboxylic acids is 2. The van der Waals surface area contributed by atoms with E-state index < -0.39 is 16.4 Å². The van der Waals surface area contributed by atoms with Crippen LogP contribution in [0.25, 0.3) is 10.8 Å². The molecule has 3 aliphatic rings. The highest BCUT2D eigenvalue weighted by atomic mass is 79.9. The molecule has 38 heavy (non-hydrogen) atoms. The minimum absolute atomic E-state index is 0.0642. The summed E-state index contributed by atoms with van der Waals surface area (Å²) in [5.41, 5.74) is 0.0510. The van der Waals surface area contributed by atoms with Gasteiger partial charge in [-0.15, -0.1) is 0 Å². The number of benzene rings is 3. The third kappa shape index (κ3) is 3.83. The average molecular weight is 577 g/mol. The summed E-state index contributed by atoms with van der Waals surface area (Å²) in [6.45, 7) is 7.54. The number of fused-ring (bicyclic) bond motifs is 3. The van der Waals surface area contributed by atoms with Crippen molar-refractivity contribution in [1.82, 2.24) is 4.90 Å². The van der Waals surface area contributed by atoms with Gasteiger partial charge in [-0.2, -0.15) is 0 Å². The molecule has 0 spiro atoms. The van der Waals surface area contributed by atoms with Crippen LogP contribution in [0.4, 0.5) is 0 Å². The predicted molar refractivity (Wildman–Crippen MR) is 151 cm³/mol. The zero-order valence-corrected chi connectivity index (χ0v) is 23.8. The van der Waals surface area contributed by atoms with E-state index in [9.17, 15) is 9.59 Å². The summed E-state index contributed by atoms with van der Waals surface area (Å²) in [6.07, 6.45) is 1.88. The van der Waals surface area contributed by atoms with Gasteiger partial charge in [0.15, 0.2) is 5.60 Å². The molecule has 3 aromatic rings. The Morgan fingerprint density at radius 1 is 1.03 bits per heavy atom. The van der Waals surface area contributed by atoms with Crippen LogP contribution in [0, 0.1) is 10.8 Å². The Labute approximate surface area is 232 Å². The number of ether oxygens (including phenoxy) is 2. The molecule has 2 heterocycles. The Balaban J connectivity index is 1.26. The van der Waals surface area contributed by atoms with Gasteiger partial charge >= 0.3 is 5.97 Å². The highest BCUT2D eigenvalue weighted by Crippen LogP contribution is 2.66. The molecular formula is C32H34BrNO4. The second-order valence-electron chi connectivity index (χ2n) is 11.9. The van der Waals surface area contributed by atoms with E-state index in [-0.39, 0.29) is 23.9 Å². The number of hydrogen-bond acceptors (Lipinski definition) is 4. The lowest BCUT2D eigenvalue weighted by Gasteiger charge is -2.44. The maximum atomic E-state index is 14.1. The van der Waals surface area contributed by atoms with E-state index in [4.69, 9.17) is 9.47 Å². The third-order valence-corrected chi connectivity index (χ3v) is 10.4. The predicted octanol–water partition coefficient (Wildman–Crippen LogP) is 6.63. The fourth-order valence-electron chi connectivity index (χ4n) is 6.87. The highest BCUT2D eigenvalue weighted by Gasteiger charge is 2.76. The normalized spacial score (nSPS) is 30.0. The first-order valence-electron chi connectivity index (χ1n) is 13.5. The molecule has 1 aliphatic carbocycles. The fourth-order valence-corrected chi connectivity index (χ4v) is 7.13. The van der Waals surface area contributed by atoms with E-state index in [1.807, 2.05) is 37.8 Å². The Morgan fingerprint density at radius 2 is 1.76 bits per heavy atom. The van der Waals surface area contributed by atoms with Crippen molar-refractivity contribution in [2.45, 2.75) is 64.3 Å². The number of carbonyl (C=O) groups is 2. The number of hydrogen-bond donors (Lipinski definition) is 0. The third-order valence-electron chi connectivity index (χ3n) is 9.85. The maximum absolute atomic E-state index is 14.1. The van der Waals surface area contributed by atoms with Crippen molar-refractivity contribution in [2.24, 2.45) is 10.8 Å². The number of amides is 1. The number of likely N-dealkylation sites (tertiary alicyclic amines) is 1. The summed E-state index contributed by atoms with van der Waals surface area (Å²) in [4.78, 5) is 28.8. The van der Waals surface area contributed by atoms with Crippen LogP contribution in [0.1, 0.15) is 57.1 Å². The van der Waals surface area contributed by atoms with Gasteiger partial charge in [0.25, 0.3) is 5.91 Å². The Morgan fingerprint density at radius 3 is 2.45 bits per heavy atom. The number of rotatable bonds is 5. The van der Waals surface area contributed by atoms with Crippen LogP contribution in [0.2, 0.25) is 0 Å². The zero-order chi connectivity index (χ0) is 26.7. The molecule has 0 radical (unpaired) electrons. The van der Waals surface area contributed by atoms with Gasteiger partial charge in [0, 0.05) is 28.9 Å². The lowest BCUT2D eigenvalue weighted by Crippen LogP contribution is -2.58. The molecule has 5 nitrogen and oxygen atoms in total. The molecule has 2 bridgehead atoms. The molecule has 2 saturated heterocycles. The van der Waals surface area contributed by atoms with Crippen molar-refractivity contribution in [1.29, 1.82) is 0 Å². The van der Waals surface area contributed by atoms with E-state index in [2.05, 4.69) is 70.5 Å². The molecule has 3 fully saturated rings. The quantitative estimate of drug-likeness (QED) is 0.320. The molecule has 2 unspecified atom stereocenters. The Kier molecular flexibility index (Phi) is 6.19. The summed E-state index contributed by atoms with van der Waals surface area (Å²) in [5.74, 6) is -0.139. The zero-order valence-electron chi connectivity index (χ0n) is 22.2. The first kappa shape index (κ1) is 25.6. The lowest BCUT2D eigenvalue weighted by atomic mass is 9.66. The van der Waals surface area contributed by atoms with Crippen molar-refractivity contribution in [3.63, 3.8) is 0 Å². The first-order chi connectivity index (χ1) is 18.1. The van der Waals surface area contributed by atoms with Gasteiger partial charge in [-0.3, -0.25) is 9.59 Å². The molecule has 0 aromatic heterocycles. The van der Waals surface area contributed by atoms with Crippen LogP contribution >= 0.6 is 15.9 Å². The van der Waals surface area contributed by atoms with Crippen LogP contribution in [-0.4, -0.2) is 41.6 Å². The van der Waals surface area contributed by atoms with Gasteiger partial charge in [0.1, 0.15) is 0 Å². The van der Waals surface area contributed by atoms with Crippen LogP contribution < -0.4 is 0 Å². The molecule has 0 N–H and O–H groups in total. The minimum atomic E-state index is -1.09. The summed E-state index contributed by atoms with van der Waals surface area (Å²) >= 11 is 3.54. The molecule has 4 atom stereocenters. The second kappa shape index (κ2) is 9.20. The standard InChI is InChI=1S/C32H34BrNO4/c1-30(2)31(3)15-16-32(30,38-29(31)36)28(35)34-17-14-26(23-10-12-25(33)13-11-23)27(19-34)37-20-21-8-9-22-6-4-5-7-24(22)18-21/h4-13,18,26-27H,14-17,19-20H2,1-3H3/t26?,27?,31-,32+/m0/s1. The van der Waals surface area contributed by atoms with Crippen LogP contribution in [0.3, 0.4) is 0 Å². The lowest BCUT2D eigenvalue weighted by molar-refractivity contribution is -0.176. The number of halogens is 1. The van der Waals surface area contributed by atoms with Crippen molar-refractivity contribution < 1.29 is 19.1 Å². The van der Waals surface area contributed by atoms with Crippen molar-refractivity contribution in [3.8, 4) is 0 Å². The fraction of sp³-hybridized carbons (Fsp3) is 0.438. The van der Waals surface area contributed by atoms with Crippen LogP contribution in [0.5, 0.6) is 0 Å². The van der Waals surface area contributed by atoms with Crippen LogP contribution in [-0.2, 0) is 25.7 Å². The van der Waals surface area contributed by atoms with Crippen molar-refractivity contribution >= 4 is 38.6 Å². The van der Waals surface area contributed by atoms with E-state index in [1.165, 1.54) is 16.3 Å². The summed E-state index contributed by atoms with van der Waals surface area (Å²) < 4.78 is 13.6. The van der Waals surface area contributed by atoms with Gasteiger partial charge in [-0.25, -0.2) is 0 Å². The first-order valence-corrected chi connectivity index (χ1v) is 14.3. The molecule has 1 saturated carbocycles. The van der Waals surface area contributed by atoms with Gasteiger partial charge in [0.05, 0.1) is 18.1 Å². The number of esters is 1. The van der Waals surface area contributed by atoms with Gasteiger partial charge in [-0.05, 0) is 66.3 Å². The van der Waals surface area contributed by atoms with E-state index in [0.717, 1.165) is 16.5 Å². The topological polar surface area (TPSA) is 55.8 Å². The highest BCUT2D eigenvalue weighted by molar-refractivity contribution is 9.10. The Hall–Kier alpha value is -2.70. The molecule has 6 rings (SSSR count). The number of nitrogens with zero attached hydrogens (tertiary/aromatic N) is 1. The largest absolute Gasteiger partial charge is 0.448 e. The monoisotopic (exact) mass is 575 g/mol. The SMILES string of the molecule is CC1(C)[C@@]2(C)CC[C@]1(C(=O)N1CCC(c3ccc(Br)cc3)C(OCc3ccc4ccccc4c3)C1)OC2=O. The van der Waals surface area contributed by atoms with E-state index in [1.54, 1.807) is 0 Å². The van der Waals surface area contributed by atoms with Gasteiger partial charge in [-0.1, -0.05) is 78.3 Å². The summed E-state index contributed by atoms with van der Waals surface area (Å²) in [6, 6.07) is 23.1. The Bertz CT molecular complexity index is 1400. The van der Waals surface area contributed by atoms with Gasteiger partial charge < -0.3 is 14.4 Å². The maximum Gasteiger partial charge on any atom is 0.313 e. The smallest absolute Gasteiger partial charge is 0.313 e. The number of piperidine rings is 1. The van der Waals surface area contributed by atoms with Crippen molar-refractivity contribution in [2.75, 3.05) is 13.1 Å². The van der Waals surface area contributed by atoms with Crippen molar-refractivity contribution in [3.05, 3.63) is 82.3 Å². The molecular weight excluding hydrogens is 542 g/mol. The molecule has 198 valence electrons. The second-order valence-corrected chi connectivity index (χ2v) is 12.8. The minimum Gasteiger partial charge on any atom is -0.448 e. The van der Waals surface area contributed by atoms with Crippen LogP contribution in [0.15, 0.2) is 71.2 Å².